The molecule has 32 heavy (non-hydrogen) atoms. The van der Waals surface area contributed by atoms with Crippen LogP contribution in [0.15, 0.2) is 48.5 Å². The van der Waals surface area contributed by atoms with Gasteiger partial charge in [0, 0.05) is 0 Å². The normalized spacial score (nSPS) is 12.0. The molecule has 0 unspecified atom stereocenters. The Bertz CT molecular complexity index is 819. The lowest BCUT2D eigenvalue weighted by atomic mass is 9.85. The molecule has 0 aromatic heterocycles. The fraction of sp³-hybridized carbons (Fsp3) is 0.481. The molecule has 174 valence electrons. The average Bonchev–Trinajstić information content (AvgIpc) is 2.74. The van der Waals surface area contributed by atoms with E-state index in [0.717, 1.165) is 22.3 Å². The van der Waals surface area contributed by atoms with Crippen LogP contribution in [-0.2, 0) is 31.9 Å². The van der Waals surface area contributed by atoms with Gasteiger partial charge in [0.2, 0.25) is 0 Å². The van der Waals surface area contributed by atoms with Crippen LogP contribution in [0, 0.1) is 10.8 Å². The SMILES string of the molecule is CCOC(=O)C(C)(C)Cc1ccc(C(O)c2ccc(CC(C)(C)C(=O)OCC)cc2)cc1. The molecule has 0 aliphatic carbocycles. The van der Waals surface area contributed by atoms with Crippen LogP contribution in [-0.4, -0.2) is 30.3 Å². The molecule has 0 fully saturated rings. The zero-order valence-electron chi connectivity index (χ0n) is 20.1. The molecule has 0 heterocycles. The summed E-state index contributed by atoms with van der Waals surface area (Å²) in [5.74, 6) is -0.425. The Hall–Kier alpha value is -2.66. The van der Waals surface area contributed by atoms with Gasteiger partial charge in [-0.2, -0.15) is 0 Å². The van der Waals surface area contributed by atoms with E-state index in [9.17, 15) is 14.7 Å². The number of rotatable bonds is 10. The van der Waals surface area contributed by atoms with Gasteiger partial charge in [-0.25, -0.2) is 0 Å². The standard InChI is InChI=1S/C27H36O5/c1-7-31-24(29)26(3,4)17-19-9-13-21(14-10-19)23(28)22-15-11-20(12-16-22)18-27(5,6)25(30)32-8-2/h9-16,23,28H,7-8,17-18H2,1-6H3. The zero-order valence-corrected chi connectivity index (χ0v) is 20.1. The summed E-state index contributed by atoms with van der Waals surface area (Å²) in [7, 11) is 0. The van der Waals surface area contributed by atoms with E-state index in [1.54, 1.807) is 13.8 Å². The number of carbonyl (C=O) groups is 2. The van der Waals surface area contributed by atoms with Crippen LogP contribution in [0.2, 0.25) is 0 Å². The number of hydrogen-bond donors (Lipinski definition) is 1. The van der Waals surface area contributed by atoms with Gasteiger partial charge in [-0.15, -0.1) is 0 Å². The summed E-state index contributed by atoms with van der Waals surface area (Å²) < 4.78 is 10.3. The summed E-state index contributed by atoms with van der Waals surface area (Å²) in [6.45, 7) is 11.8. The van der Waals surface area contributed by atoms with E-state index in [1.807, 2.05) is 76.2 Å². The van der Waals surface area contributed by atoms with E-state index < -0.39 is 16.9 Å². The molecule has 0 aliphatic heterocycles. The maximum Gasteiger partial charge on any atom is 0.311 e. The predicted octanol–water partition coefficient (Wildman–Crippen LogP) is 5.03. The molecule has 1 N–H and O–H groups in total. The van der Waals surface area contributed by atoms with Crippen molar-refractivity contribution in [2.75, 3.05) is 13.2 Å². The van der Waals surface area contributed by atoms with E-state index in [4.69, 9.17) is 9.47 Å². The molecule has 2 aromatic carbocycles. The second-order valence-corrected chi connectivity index (χ2v) is 9.45. The molecular weight excluding hydrogens is 404 g/mol. The Morgan fingerprint density at radius 3 is 1.31 bits per heavy atom. The van der Waals surface area contributed by atoms with Crippen molar-refractivity contribution < 1.29 is 24.2 Å². The Morgan fingerprint density at radius 1 is 0.719 bits per heavy atom. The molecule has 0 saturated heterocycles. The Morgan fingerprint density at radius 2 is 1.03 bits per heavy atom. The molecule has 0 atom stereocenters. The Kier molecular flexibility index (Phi) is 8.62. The lowest BCUT2D eigenvalue weighted by Crippen LogP contribution is -2.29. The second-order valence-electron chi connectivity index (χ2n) is 9.45. The highest BCUT2D eigenvalue weighted by Crippen LogP contribution is 2.28. The Labute approximate surface area is 191 Å². The maximum absolute atomic E-state index is 12.1. The van der Waals surface area contributed by atoms with Gasteiger partial charge in [0.15, 0.2) is 0 Å². The highest BCUT2D eigenvalue weighted by Gasteiger charge is 2.30. The minimum absolute atomic E-state index is 0.213. The monoisotopic (exact) mass is 440 g/mol. The van der Waals surface area contributed by atoms with Gasteiger partial charge in [-0.05, 0) is 76.6 Å². The van der Waals surface area contributed by atoms with Crippen LogP contribution in [0.3, 0.4) is 0 Å². The van der Waals surface area contributed by atoms with Crippen molar-refractivity contribution in [3.05, 3.63) is 70.8 Å². The summed E-state index contributed by atoms with van der Waals surface area (Å²) in [6.07, 6.45) is 0.370. The van der Waals surface area contributed by atoms with Crippen molar-refractivity contribution in [2.24, 2.45) is 10.8 Å². The molecule has 0 spiro atoms. The van der Waals surface area contributed by atoms with E-state index >= 15 is 0 Å². The predicted molar refractivity (Wildman–Crippen MR) is 125 cm³/mol. The molecule has 2 aromatic rings. The van der Waals surface area contributed by atoms with Gasteiger partial charge < -0.3 is 14.6 Å². The molecule has 0 amide bonds. The number of hydrogen-bond acceptors (Lipinski definition) is 5. The van der Waals surface area contributed by atoms with Crippen molar-refractivity contribution in [1.29, 1.82) is 0 Å². The second kappa shape index (κ2) is 10.8. The average molecular weight is 441 g/mol. The van der Waals surface area contributed by atoms with Crippen LogP contribution in [0.4, 0.5) is 0 Å². The summed E-state index contributed by atoms with van der Waals surface area (Å²) in [6, 6.07) is 15.3. The highest BCUT2D eigenvalue weighted by molar-refractivity contribution is 5.76. The third-order valence-electron chi connectivity index (χ3n) is 5.54. The summed E-state index contributed by atoms with van der Waals surface area (Å²) in [4.78, 5) is 24.3. The molecular formula is C27H36O5. The number of ether oxygens (including phenoxy) is 2. The van der Waals surface area contributed by atoms with Crippen molar-refractivity contribution in [3.8, 4) is 0 Å². The largest absolute Gasteiger partial charge is 0.466 e. The number of esters is 2. The van der Waals surface area contributed by atoms with Gasteiger partial charge in [-0.3, -0.25) is 9.59 Å². The molecule has 0 bridgehead atoms. The first-order valence-electron chi connectivity index (χ1n) is 11.2. The minimum Gasteiger partial charge on any atom is -0.466 e. The summed E-state index contributed by atoms with van der Waals surface area (Å²) >= 11 is 0. The zero-order chi connectivity index (χ0) is 23.9. The minimum atomic E-state index is -0.755. The van der Waals surface area contributed by atoms with Gasteiger partial charge in [0.25, 0.3) is 0 Å². The third kappa shape index (κ3) is 6.67. The van der Waals surface area contributed by atoms with Crippen molar-refractivity contribution in [1.82, 2.24) is 0 Å². The topological polar surface area (TPSA) is 72.8 Å². The first-order valence-corrected chi connectivity index (χ1v) is 11.2. The Balaban J connectivity index is 2.06. The molecule has 2 rings (SSSR count). The van der Waals surface area contributed by atoms with Gasteiger partial charge >= 0.3 is 11.9 Å². The molecule has 5 heteroatoms. The van der Waals surface area contributed by atoms with Crippen LogP contribution in [0.1, 0.15) is 69.9 Å². The number of carbonyl (C=O) groups excluding carboxylic acids is 2. The molecule has 5 nitrogen and oxygen atoms in total. The summed E-state index contributed by atoms with van der Waals surface area (Å²) in [5.41, 5.74) is 2.36. The maximum atomic E-state index is 12.1. The van der Waals surface area contributed by atoms with Gasteiger partial charge in [-0.1, -0.05) is 48.5 Å². The van der Waals surface area contributed by atoms with Crippen LogP contribution in [0.5, 0.6) is 0 Å². The van der Waals surface area contributed by atoms with Crippen LogP contribution >= 0.6 is 0 Å². The lowest BCUT2D eigenvalue weighted by molar-refractivity contribution is -0.154. The van der Waals surface area contributed by atoms with E-state index in [-0.39, 0.29) is 11.9 Å². The number of aliphatic hydroxyl groups is 1. The quantitative estimate of drug-likeness (QED) is 0.525. The summed E-state index contributed by atoms with van der Waals surface area (Å²) in [5, 5.41) is 10.8. The van der Waals surface area contributed by atoms with E-state index in [0.29, 0.717) is 26.1 Å². The van der Waals surface area contributed by atoms with Crippen molar-refractivity contribution in [3.63, 3.8) is 0 Å². The highest BCUT2D eigenvalue weighted by atomic mass is 16.5. The number of benzene rings is 2. The van der Waals surface area contributed by atoms with Crippen LogP contribution in [0.25, 0.3) is 0 Å². The molecule has 0 saturated carbocycles. The molecule has 0 aliphatic rings. The van der Waals surface area contributed by atoms with Gasteiger partial charge in [0.1, 0.15) is 6.10 Å². The third-order valence-corrected chi connectivity index (χ3v) is 5.54. The van der Waals surface area contributed by atoms with Crippen molar-refractivity contribution >= 4 is 11.9 Å². The van der Waals surface area contributed by atoms with Gasteiger partial charge in [0.05, 0.1) is 24.0 Å². The van der Waals surface area contributed by atoms with Crippen molar-refractivity contribution in [2.45, 2.75) is 60.5 Å². The number of aliphatic hydroxyl groups excluding tert-OH is 1. The van der Waals surface area contributed by atoms with Crippen LogP contribution < -0.4 is 0 Å². The first kappa shape index (κ1) is 25.6. The van der Waals surface area contributed by atoms with E-state index in [2.05, 4.69) is 0 Å². The molecule has 0 radical (unpaired) electrons. The fourth-order valence-corrected chi connectivity index (χ4v) is 3.65. The lowest BCUT2D eigenvalue weighted by Gasteiger charge is -2.23. The van der Waals surface area contributed by atoms with E-state index in [1.165, 1.54) is 0 Å². The smallest absolute Gasteiger partial charge is 0.311 e. The fourth-order valence-electron chi connectivity index (χ4n) is 3.65. The first-order chi connectivity index (χ1) is 15.0.